The third-order valence-corrected chi connectivity index (χ3v) is 1.09. The molecule has 11 heavy (non-hydrogen) atoms. The van der Waals surface area contributed by atoms with Gasteiger partial charge in [-0.1, -0.05) is 19.3 Å². The van der Waals surface area contributed by atoms with Gasteiger partial charge in [-0.05, 0) is 6.42 Å². The molecular formula is C8H12O3. The van der Waals surface area contributed by atoms with Crippen LogP contribution in [0.3, 0.4) is 0 Å². The molecular weight excluding hydrogens is 144 g/mol. The van der Waals surface area contributed by atoms with E-state index in [4.69, 9.17) is 5.11 Å². The molecule has 0 unspecified atom stereocenters. The van der Waals surface area contributed by atoms with Gasteiger partial charge in [0.15, 0.2) is 0 Å². The first-order valence-corrected chi connectivity index (χ1v) is 3.48. The van der Waals surface area contributed by atoms with Crippen LogP contribution in [0.15, 0.2) is 0 Å². The molecule has 0 saturated heterocycles. The molecule has 0 heterocycles. The lowest BCUT2D eigenvalue weighted by Gasteiger charge is -1.96. The molecule has 0 amide bonds. The van der Waals surface area contributed by atoms with Gasteiger partial charge in [0.25, 0.3) is 0 Å². The zero-order chi connectivity index (χ0) is 8.69. The van der Waals surface area contributed by atoms with E-state index in [9.17, 15) is 4.79 Å². The van der Waals surface area contributed by atoms with Gasteiger partial charge in [-0.15, -0.1) is 0 Å². The molecule has 1 N–H and O–H groups in total. The Morgan fingerprint density at radius 3 is 2.82 bits per heavy atom. The Hall–Kier alpha value is -1.01. The van der Waals surface area contributed by atoms with Crippen molar-refractivity contribution in [1.29, 1.82) is 0 Å². The van der Waals surface area contributed by atoms with E-state index in [-0.39, 0.29) is 0 Å². The predicted octanol–water partition coefficient (Wildman–Crippen LogP) is 0.324. The summed E-state index contributed by atoms with van der Waals surface area (Å²) in [5.41, 5.74) is 0. The van der Waals surface area contributed by atoms with Crippen molar-refractivity contribution in [2.24, 2.45) is 0 Å². The van der Waals surface area contributed by atoms with Crippen LogP contribution in [0.1, 0.15) is 19.8 Å². The molecule has 0 aliphatic rings. The van der Waals surface area contributed by atoms with E-state index in [0.29, 0.717) is 6.42 Å². The second-order valence-corrected chi connectivity index (χ2v) is 2.07. The van der Waals surface area contributed by atoms with Gasteiger partial charge < -0.3 is 9.84 Å². The number of aliphatic hydroxyl groups is 1. The average Bonchev–Trinajstić information content (AvgIpc) is 2.01. The Morgan fingerprint density at radius 2 is 2.36 bits per heavy atom. The van der Waals surface area contributed by atoms with E-state index in [1.807, 2.05) is 6.92 Å². The van der Waals surface area contributed by atoms with Crippen LogP contribution in [0.5, 0.6) is 0 Å². The minimum atomic E-state index is -0.709. The number of hydrogen-bond acceptors (Lipinski definition) is 3. The minimum Gasteiger partial charge on any atom is -0.459 e. The molecule has 0 aromatic carbocycles. The summed E-state index contributed by atoms with van der Waals surface area (Å²) in [6, 6.07) is 0. The van der Waals surface area contributed by atoms with Crippen LogP contribution in [-0.2, 0) is 9.53 Å². The second-order valence-electron chi connectivity index (χ2n) is 2.07. The van der Waals surface area contributed by atoms with Crippen LogP contribution in [0.2, 0.25) is 0 Å². The molecule has 0 bridgehead atoms. The van der Waals surface area contributed by atoms with Crippen LogP contribution in [-0.4, -0.2) is 24.3 Å². The Labute approximate surface area is 66.4 Å². The monoisotopic (exact) mass is 156 g/mol. The molecule has 3 heteroatoms. The van der Waals surface area contributed by atoms with Gasteiger partial charge >= 0.3 is 5.97 Å². The fourth-order valence-electron chi connectivity index (χ4n) is 0.539. The van der Waals surface area contributed by atoms with Crippen LogP contribution in [0, 0.1) is 11.8 Å². The van der Waals surface area contributed by atoms with Crippen LogP contribution < -0.4 is 0 Å². The first-order valence-electron chi connectivity index (χ1n) is 3.48. The first-order chi connectivity index (χ1) is 5.20. The molecule has 0 spiro atoms. The number of carbonyl (C=O) groups is 1. The van der Waals surface area contributed by atoms with Crippen molar-refractivity contribution in [3.8, 4) is 11.8 Å². The quantitative estimate of drug-likeness (QED) is 0.356. The Kier molecular flexibility index (Phi) is 5.22. The summed E-state index contributed by atoms with van der Waals surface area (Å²) in [5, 5.41) is 9.01. The van der Waals surface area contributed by atoms with Crippen molar-refractivity contribution in [3.63, 3.8) is 0 Å². The van der Waals surface area contributed by atoms with Crippen molar-refractivity contribution in [2.45, 2.75) is 25.9 Å². The molecule has 62 valence electrons. The summed E-state index contributed by atoms with van der Waals surface area (Å²) >= 11 is 0. The summed E-state index contributed by atoms with van der Waals surface area (Å²) in [6.45, 7) is 1.93. The van der Waals surface area contributed by atoms with Gasteiger partial charge in [0.05, 0.1) is 7.11 Å². The van der Waals surface area contributed by atoms with Crippen LogP contribution >= 0.6 is 0 Å². The third kappa shape index (κ3) is 5.43. The van der Waals surface area contributed by atoms with E-state index in [0.717, 1.165) is 6.42 Å². The van der Waals surface area contributed by atoms with E-state index < -0.39 is 12.1 Å². The van der Waals surface area contributed by atoms with E-state index in [2.05, 4.69) is 16.6 Å². The van der Waals surface area contributed by atoms with Crippen molar-refractivity contribution in [2.75, 3.05) is 7.11 Å². The molecule has 0 saturated carbocycles. The number of rotatable bonds is 2. The number of ether oxygens (including phenoxy) is 1. The fourth-order valence-corrected chi connectivity index (χ4v) is 0.539. The summed E-state index contributed by atoms with van der Waals surface area (Å²) in [6.07, 6.45) is 0.722. The summed E-state index contributed by atoms with van der Waals surface area (Å²) < 4.78 is 4.26. The molecule has 0 radical (unpaired) electrons. The maximum absolute atomic E-state index is 10.4. The van der Waals surface area contributed by atoms with Gasteiger partial charge in [0, 0.05) is 5.92 Å². The highest BCUT2D eigenvalue weighted by Gasteiger charge is 1.96. The smallest absolute Gasteiger partial charge is 0.384 e. The van der Waals surface area contributed by atoms with Gasteiger partial charge in [-0.2, -0.15) is 0 Å². The molecule has 3 nitrogen and oxygen atoms in total. The van der Waals surface area contributed by atoms with Crippen LogP contribution in [0.4, 0.5) is 0 Å². The summed E-state index contributed by atoms with van der Waals surface area (Å²) in [4.78, 5) is 10.4. The van der Waals surface area contributed by atoms with E-state index in [1.165, 1.54) is 7.11 Å². The highest BCUT2D eigenvalue weighted by atomic mass is 16.5. The lowest BCUT2D eigenvalue weighted by molar-refractivity contribution is -0.133. The van der Waals surface area contributed by atoms with Crippen molar-refractivity contribution >= 4 is 5.97 Å². The largest absolute Gasteiger partial charge is 0.459 e. The van der Waals surface area contributed by atoms with Gasteiger partial charge in [-0.25, -0.2) is 4.79 Å². The lowest BCUT2D eigenvalue weighted by Crippen LogP contribution is -2.03. The molecule has 0 aromatic heterocycles. The van der Waals surface area contributed by atoms with Crippen LogP contribution in [0.25, 0.3) is 0 Å². The van der Waals surface area contributed by atoms with Crippen molar-refractivity contribution < 1.29 is 14.6 Å². The lowest BCUT2D eigenvalue weighted by atomic mass is 10.2. The summed E-state index contributed by atoms with van der Waals surface area (Å²) in [5.74, 6) is 3.91. The highest BCUT2D eigenvalue weighted by molar-refractivity contribution is 5.88. The first kappa shape index (κ1) is 9.99. The topological polar surface area (TPSA) is 46.5 Å². The predicted molar refractivity (Wildman–Crippen MR) is 40.7 cm³/mol. The second kappa shape index (κ2) is 5.75. The Morgan fingerprint density at radius 1 is 1.73 bits per heavy atom. The molecule has 0 aliphatic carbocycles. The zero-order valence-corrected chi connectivity index (χ0v) is 6.76. The number of aliphatic hydroxyl groups excluding tert-OH is 1. The minimum absolute atomic E-state index is 0.587. The van der Waals surface area contributed by atoms with Gasteiger partial charge in [0.2, 0.25) is 0 Å². The van der Waals surface area contributed by atoms with E-state index >= 15 is 0 Å². The molecule has 0 fully saturated rings. The number of methoxy groups -OCH3 is 1. The number of esters is 1. The fraction of sp³-hybridized carbons (Fsp3) is 0.625. The number of hydrogen-bond donors (Lipinski definition) is 1. The maximum atomic E-state index is 10.4. The van der Waals surface area contributed by atoms with E-state index in [1.54, 1.807) is 0 Å². The van der Waals surface area contributed by atoms with Crippen molar-refractivity contribution in [3.05, 3.63) is 0 Å². The van der Waals surface area contributed by atoms with Crippen molar-refractivity contribution in [1.82, 2.24) is 0 Å². The van der Waals surface area contributed by atoms with Gasteiger partial charge in [-0.3, -0.25) is 0 Å². The maximum Gasteiger partial charge on any atom is 0.384 e. The highest BCUT2D eigenvalue weighted by Crippen LogP contribution is 1.92. The standard InChI is InChI=1S/C8H12O3/c1-3-4-7(9)5-6-8(10)11-2/h7,9H,3-4H2,1-2H3/t7-/m1/s1. The van der Waals surface area contributed by atoms with Gasteiger partial charge in [0.1, 0.15) is 6.10 Å². The SMILES string of the molecule is CCC[C@@H](O)C#CC(=O)OC. The third-order valence-electron chi connectivity index (χ3n) is 1.09. The number of carbonyl (C=O) groups excluding carboxylic acids is 1. The zero-order valence-electron chi connectivity index (χ0n) is 6.76. The Bertz CT molecular complexity index is 176. The molecule has 0 aliphatic heterocycles. The normalized spacial score (nSPS) is 11.2. The Balaban J connectivity index is 3.76. The molecule has 1 atom stereocenters. The molecule has 0 rings (SSSR count). The summed E-state index contributed by atoms with van der Waals surface area (Å²) in [7, 11) is 1.25. The molecule has 0 aromatic rings. The average molecular weight is 156 g/mol.